The summed E-state index contributed by atoms with van der Waals surface area (Å²) in [6, 6.07) is 0. The normalized spacial score (nSPS) is 17.8. The fourth-order valence-electron chi connectivity index (χ4n) is 2.42. The first-order valence-corrected chi connectivity index (χ1v) is 6.29. The second-order valence-corrected chi connectivity index (χ2v) is 5.14. The van der Waals surface area contributed by atoms with E-state index in [1.165, 1.54) is 6.39 Å². The van der Waals surface area contributed by atoms with E-state index < -0.39 is 0 Å². The number of aryl methyl sites for hydroxylation is 1. The number of hydrogen-bond donors (Lipinski definition) is 0. The Hall–Kier alpha value is -1.32. The van der Waals surface area contributed by atoms with Crippen LogP contribution in [0.2, 0.25) is 0 Å². The first-order valence-electron chi connectivity index (χ1n) is 6.29. The van der Waals surface area contributed by atoms with Crippen LogP contribution in [0.4, 0.5) is 0 Å². The largest absolute Gasteiger partial charge is 0.438 e. The minimum atomic E-state index is -0.0118. The zero-order valence-electron chi connectivity index (χ0n) is 10.8. The van der Waals surface area contributed by atoms with Crippen LogP contribution in [0.15, 0.2) is 10.8 Å². The second kappa shape index (κ2) is 4.90. The number of amides is 1. The number of likely N-dealkylation sites (tertiary alicyclic amines) is 1. The van der Waals surface area contributed by atoms with Gasteiger partial charge >= 0.3 is 0 Å². The summed E-state index contributed by atoms with van der Waals surface area (Å²) < 4.78 is 5.15. The van der Waals surface area contributed by atoms with Gasteiger partial charge in [0.1, 0.15) is 0 Å². The molecule has 0 aromatic carbocycles. The van der Waals surface area contributed by atoms with E-state index in [4.69, 9.17) is 4.42 Å². The Balaban J connectivity index is 1.98. The van der Waals surface area contributed by atoms with Gasteiger partial charge < -0.3 is 9.32 Å². The van der Waals surface area contributed by atoms with E-state index in [9.17, 15) is 4.79 Å². The van der Waals surface area contributed by atoms with Gasteiger partial charge in [-0.2, -0.15) is 0 Å². The van der Waals surface area contributed by atoms with E-state index in [1.54, 1.807) is 6.92 Å². The molecule has 1 amide bonds. The van der Waals surface area contributed by atoms with Gasteiger partial charge in [0.15, 0.2) is 6.39 Å². The molecule has 0 spiro atoms. The molecule has 1 aliphatic rings. The summed E-state index contributed by atoms with van der Waals surface area (Å²) in [5, 5.41) is 0. The monoisotopic (exact) mass is 236 g/mol. The van der Waals surface area contributed by atoms with E-state index in [1.807, 2.05) is 4.90 Å². The van der Waals surface area contributed by atoms with Gasteiger partial charge in [0.25, 0.3) is 5.91 Å². The second-order valence-electron chi connectivity index (χ2n) is 5.14. The molecule has 1 aliphatic heterocycles. The van der Waals surface area contributed by atoms with E-state index in [0.717, 1.165) is 31.8 Å². The molecule has 4 nitrogen and oxygen atoms in total. The van der Waals surface area contributed by atoms with Gasteiger partial charge in [0.2, 0.25) is 5.76 Å². The summed E-state index contributed by atoms with van der Waals surface area (Å²) in [7, 11) is 0. The average molecular weight is 236 g/mol. The molecule has 0 unspecified atom stereocenters. The third-order valence-corrected chi connectivity index (χ3v) is 3.71. The molecule has 1 aromatic heterocycles. The Morgan fingerprint density at radius 3 is 2.59 bits per heavy atom. The zero-order chi connectivity index (χ0) is 12.4. The quantitative estimate of drug-likeness (QED) is 0.792. The van der Waals surface area contributed by atoms with Gasteiger partial charge in [-0.25, -0.2) is 4.98 Å². The summed E-state index contributed by atoms with van der Waals surface area (Å²) in [6.45, 7) is 7.98. The Morgan fingerprint density at radius 2 is 2.12 bits per heavy atom. The van der Waals surface area contributed by atoms with Crippen molar-refractivity contribution in [1.82, 2.24) is 9.88 Å². The predicted octanol–water partition coefficient (Wildman–Crippen LogP) is 2.49. The number of rotatable bonds is 2. The van der Waals surface area contributed by atoms with Crippen molar-refractivity contribution in [2.45, 2.75) is 33.6 Å². The van der Waals surface area contributed by atoms with Crippen molar-refractivity contribution in [3.05, 3.63) is 17.8 Å². The third-order valence-electron chi connectivity index (χ3n) is 3.71. The van der Waals surface area contributed by atoms with Gasteiger partial charge in [0.05, 0.1) is 5.69 Å². The van der Waals surface area contributed by atoms with E-state index in [-0.39, 0.29) is 5.91 Å². The molecule has 0 N–H and O–H groups in total. The van der Waals surface area contributed by atoms with Crippen molar-refractivity contribution in [2.75, 3.05) is 13.1 Å². The highest BCUT2D eigenvalue weighted by molar-refractivity contribution is 5.92. The summed E-state index contributed by atoms with van der Waals surface area (Å²) in [5.41, 5.74) is 0.681. The first kappa shape index (κ1) is 12.1. The Morgan fingerprint density at radius 1 is 1.47 bits per heavy atom. The molecule has 0 radical (unpaired) electrons. The average Bonchev–Trinajstić information content (AvgIpc) is 2.74. The van der Waals surface area contributed by atoms with Crippen LogP contribution in [0.3, 0.4) is 0 Å². The van der Waals surface area contributed by atoms with Gasteiger partial charge in [0, 0.05) is 13.1 Å². The highest BCUT2D eigenvalue weighted by atomic mass is 16.3. The lowest BCUT2D eigenvalue weighted by Gasteiger charge is -2.33. The predicted molar refractivity (Wildman–Crippen MR) is 64.7 cm³/mol. The zero-order valence-corrected chi connectivity index (χ0v) is 10.8. The lowest BCUT2D eigenvalue weighted by molar-refractivity contribution is 0.0635. The lowest BCUT2D eigenvalue weighted by atomic mass is 9.86. The summed E-state index contributed by atoms with van der Waals surface area (Å²) in [5.74, 6) is 1.84. The number of carbonyl (C=O) groups is 1. The highest BCUT2D eigenvalue weighted by Crippen LogP contribution is 2.25. The molecule has 0 atom stereocenters. The molecule has 2 heterocycles. The molecule has 0 saturated carbocycles. The molecule has 1 fully saturated rings. The standard InChI is InChI=1S/C13H20N2O2/c1-9(2)11-4-6-15(7-5-11)13(16)12-10(3)14-8-17-12/h8-9,11H,4-7H2,1-3H3. The maximum absolute atomic E-state index is 12.2. The Bertz CT molecular complexity index is 390. The number of hydrogen-bond acceptors (Lipinski definition) is 3. The van der Waals surface area contributed by atoms with Crippen molar-refractivity contribution in [2.24, 2.45) is 11.8 Å². The van der Waals surface area contributed by atoms with Gasteiger partial charge in [-0.3, -0.25) is 4.79 Å². The van der Waals surface area contributed by atoms with Gasteiger partial charge in [-0.1, -0.05) is 13.8 Å². The molecular weight excluding hydrogens is 216 g/mol. The van der Waals surface area contributed by atoms with Crippen LogP contribution in [0.25, 0.3) is 0 Å². The molecule has 4 heteroatoms. The maximum atomic E-state index is 12.2. The van der Waals surface area contributed by atoms with Crippen LogP contribution in [0.1, 0.15) is 42.9 Å². The summed E-state index contributed by atoms with van der Waals surface area (Å²) in [4.78, 5) is 18.0. The van der Waals surface area contributed by atoms with Crippen LogP contribution in [-0.4, -0.2) is 28.9 Å². The first-order chi connectivity index (χ1) is 8.09. The van der Waals surface area contributed by atoms with Crippen molar-refractivity contribution < 1.29 is 9.21 Å². The number of carbonyl (C=O) groups excluding carboxylic acids is 1. The molecule has 94 valence electrons. The number of nitrogens with zero attached hydrogens (tertiary/aromatic N) is 2. The Kier molecular flexibility index (Phi) is 3.50. The van der Waals surface area contributed by atoms with Crippen molar-refractivity contribution >= 4 is 5.91 Å². The van der Waals surface area contributed by atoms with Crippen molar-refractivity contribution in [1.29, 1.82) is 0 Å². The van der Waals surface area contributed by atoms with Crippen LogP contribution in [0.5, 0.6) is 0 Å². The summed E-state index contributed by atoms with van der Waals surface area (Å²) >= 11 is 0. The fourth-order valence-corrected chi connectivity index (χ4v) is 2.42. The van der Waals surface area contributed by atoms with Crippen LogP contribution in [0, 0.1) is 18.8 Å². The molecular formula is C13H20N2O2. The van der Waals surface area contributed by atoms with E-state index >= 15 is 0 Å². The smallest absolute Gasteiger partial charge is 0.291 e. The molecule has 1 aromatic rings. The van der Waals surface area contributed by atoms with Gasteiger partial charge in [-0.05, 0) is 31.6 Å². The Labute approximate surface area is 102 Å². The SMILES string of the molecule is Cc1ncoc1C(=O)N1CCC(C(C)C)CC1. The molecule has 2 rings (SSSR count). The molecule has 17 heavy (non-hydrogen) atoms. The van der Waals surface area contributed by atoms with Crippen LogP contribution < -0.4 is 0 Å². The van der Waals surface area contributed by atoms with Gasteiger partial charge in [-0.15, -0.1) is 0 Å². The van der Waals surface area contributed by atoms with Crippen molar-refractivity contribution in [3.8, 4) is 0 Å². The summed E-state index contributed by atoms with van der Waals surface area (Å²) in [6.07, 6.45) is 3.52. The number of oxazole rings is 1. The van der Waals surface area contributed by atoms with Crippen LogP contribution >= 0.6 is 0 Å². The minimum absolute atomic E-state index is 0.0118. The number of piperidine rings is 1. The molecule has 0 aliphatic carbocycles. The van der Waals surface area contributed by atoms with E-state index in [2.05, 4.69) is 18.8 Å². The lowest BCUT2D eigenvalue weighted by Crippen LogP contribution is -2.39. The fraction of sp³-hybridized carbons (Fsp3) is 0.692. The maximum Gasteiger partial charge on any atom is 0.291 e. The minimum Gasteiger partial charge on any atom is -0.438 e. The van der Waals surface area contributed by atoms with E-state index in [0.29, 0.717) is 17.4 Å². The molecule has 1 saturated heterocycles. The van der Waals surface area contributed by atoms with Crippen molar-refractivity contribution in [3.63, 3.8) is 0 Å². The number of aromatic nitrogens is 1. The third kappa shape index (κ3) is 2.51. The van der Waals surface area contributed by atoms with Crippen LogP contribution in [-0.2, 0) is 0 Å². The molecule has 0 bridgehead atoms. The topological polar surface area (TPSA) is 46.3 Å². The highest BCUT2D eigenvalue weighted by Gasteiger charge is 2.27.